The van der Waals surface area contributed by atoms with Crippen LogP contribution in [0.15, 0.2) is 79.4 Å². The van der Waals surface area contributed by atoms with E-state index in [9.17, 15) is 4.79 Å². The van der Waals surface area contributed by atoms with Gasteiger partial charge in [0.2, 0.25) is 5.91 Å². The minimum Gasteiger partial charge on any atom is -0.497 e. The molecule has 0 aliphatic carbocycles. The molecule has 5 rings (SSSR count). The third-order valence-corrected chi connectivity index (χ3v) is 7.42. The van der Waals surface area contributed by atoms with Crippen LogP contribution in [0.3, 0.4) is 0 Å². The molecule has 1 amide bonds. The predicted octanol–water partition coefficient (Wildman–Crippen LogP) is 4.88. The van der Waals surface area contributed by atoms with E-state index < -0.39 is 0 Å². The molecule has 36 heavy (non-hydrogen) atoms. The lowest BCUT2D eigenvalue weighted by molar-refractivity contribution is -0.131. The summed E-state index contributed by atoms with van der Waals surface area (Å²) in [7, 11) is 4.94. The lowest BCUT2D eigenvalue weighted by atomic mass is 9.73. The van der Waals surface area contributed by atoms with Gasteiger partial charge in [-0.05, 0) is 41.5 Å². The van der Waals surface area contributed by atoms with Crippen molar-refractivity contribution < 1.29 is 19.0 Å². The maximum Gasteiger partial charge on any atom is 0.229 e. The molecule has 0 bridgehead atoms. The Morgan fingerprint density at radius 1 is 0.944 bits per heavy atom. The number of benzene rings is 3. The molecule has 2 aliphatic rings. The molecular weight excluding hydrogens is 452 g/mol. The summed E-state index contributed by atoms with van der Waals surface area (Å²) in [5, 5.41) is 0. The van der Waals surface area contributed by atoms with Gasteiger partial charge in [0, 0.05) is 42.9 Å². The zero-order valence-corrected chi connectivity index (χ0v) is 21.0. The molecule has 0 saturated carbocycles. The second kappa shape index (κ2) is 9.97. The van der Waals surface area contributed by atoms with Crippen molar-refractivity contribution in [2.75, 3.05) is 39.3 Å². The molecule has 0 radical (unpaired) electrons. The van der Waals surface area contributed by atoms with Crippen LogP contribution in [0.2, 0.25) is 0 Å². The largest absolute Gasteiger partial charge is 0.497 e. The maximum absolute atomic E-state index is 14.1. The summed E-state index contributed by atoms with van der Waals surface area (Å²) in [5.41, 5.74) is 4.41. The summed E-state index contributed by atoms with van der Waals surface area (Å²) in [6.45, 7) is 5.79. The highest BCUT2D eigenvalue weighted by Gasteiger charge is 2.51. The number of likely N-dealkylation sites (tertiary alicyclic amines) is 1. The summed E-state index contributed by atoms with van der Waals surface area (Å²) < 4.78 is 16.4. The number of hydrogen-bond donors (Lipinski definition) is 0. The SMILES string of the molecule is C=CCN1c2ccccc2[C@@H](c2ccc(OC)cc2)[C@@H]2C(=O)N(Cc3ccc(OC)cc3OC)C[C@H]21. The van der Waals surface area contributed by atoms with Crippen LogP contribution in [0.4, 0.5) is 5.69 Å². The Morgan fingerprint density at radius 3 is 2.36 bits per heavy atom. The van der Waals surface area contributed by atoms with Crippen LogP contribution in [0.5, 0.6) is 17.2 Å². The number of amides is 1. The van der Waals surface area contributed by atoms with Gasteiger partial charge in [-0.2, -0.15) is 0 Å². The molecule has 0 unspecified atom stereocenters. The number of carbonyl (C=O) groups excluding carboxylic acids is 1. The van der Waals surface area contributed by atoms with Crippen LogP contribution in [0, 0.1) is 5.92 Å². The fourth-order valence-corrected chi connectivity index (χ4v) is 5.75. The first-order valence-corrected chi connectivity index (χ1v) is 12.2. The highest BCUT2D eigenvalue weighted by Crippen LogP contribution is 2.49. The zero-order chi connectivity index (χ0) is 25.2. The van der Waals surface area contributed by atoms with Crippen molar-refractivity contribution in [3.8, 4) is 17.2 Å². The first kappa shape index (κ1) is 23.8. The molecule has 186 valence electrons. The van der Waals surface area contributed by atoms with Gasteiger partial charge in [0.25, 0.3) is 0 Å². The van der Waals surface area contributed by atoms with Crippen molar-refractivity contribution in [1.29, 1.82) is 0 Å². The molecule has 2 heterocycles. The molecule has 0 N–H and O–H groups in total. The van der Waals surface area contributed by atoms with Crippen LogP contribution in [0.1, 0.15) is 22.6 Å². The van der Waals surface area contributed by atoms with E-state index in [4.69, 9.17) is 14.2 Å². The summed E-state index contributed by atoms with van der Waals surface area (Å²) in [5.74, 6) is 2.14. The molecule has 6 nitrogen and oxygen atoms in total. The number of methoxy groups -OCH3 is 3. The Kier molecular flexibility index (Phi) is 6.59. The Hall–Kier alpha value is -3.93. The third kappa shape index (κ3) is 4.06. The molecule has 3 aromatic carbocycles. The number of hydrogen-bond acceptors (Lipinski definition) is 5. The van der Waals surface area contributed by atoms with E-state index in [2.05, 4.69) is 47.9 Å². The van der Waals surface area contributed by atoms with Crippen molar-refractivity contribution >= 4 is 11.6 Å². The van der Waals surface area contributed by atoms with E-state index in [1.165, 1.54) is 5.56 Å². The lowest BCUT2D eigenvalue weighted by Crippen LogP contribution is -2.47. The number of anilines is 1. The first-order chi connectivity index (χ1) is 17.6. The standard InChI is InChI=1S/C30H32N2O4/c1-5-16-32-25-9-7-6-8-24(25)28(20-10-13-22(34-2)14-11-20)29-26(32)19-31(30(29)33)18-21-12-15-23(35-3)17-27(21)36-4/h5-15,17,26,28-29H,1,16,18-19H2,2-4H3/t26-,28-,29-/m1/s1. The summed E-state index contributed by atoms with van der Waals surface area (Å²) in [6, 6.07) is 22.3. The van der Waals surface area contributed by atoms with Crippen molar-refractivity contribution in [2.24, 2.45) is 5.92 Å². The van der Waals surface area contributed by atoms with Crippen LogP contribution >= 0.6 is 0 Å². The number of carbonyl (C=O) groups is 1. The van der Waals surface area contributed by atoms with E-state index in [1.807, 2.05) is 41.3 Å². The molecule has 0 aromatic heterocycles. The van der Waals surface area contributed by atoms with E-state index in [1.54, 1.807) is 21.3 Å². The summed E-state index contributed by atoms with van der Waals surface area (Å²) >= 11 is 0. The Morgan fingerprint density at radius 2 is 1.67 bits per heavy atom. The van der Waals surface area contributed by atoms with Gasteiger partial charge < -0.3 is 24.0 Å². The van der Waals surface area contributed by atoms with Crippen LogP contribution in [0.25, 0.3) is 0 Å². The van der Waals surface area contributed by atoms with Gasteiger partial charge in [-0.1, -0.05) is 36.4 Å². The molecule has 0 spiro atoms. The van der Waals surface area contributed by atoms with E-state index in [0.29, 0.717) is 19.6 Å². The molecule has 2 aliphatic heterocycles. The van der Waals surface area contributed by atoms with E-state index in [0.717, 1.165) is 34.1 Å². The third-order valence-electron chi connectivity index (χ3n) is 7.42. The van der Waals surface area contributed by atoms with Crippen molar-refractivity contribution in [3.63, 3.8) is 0 Å². The van der Waals surface area contributed by atoms with Gasteiger partial charge in [-0.15, -0.1) is 6.58 Å². The van der Waals surface area contributed by atoms with Crippen molar-refractivity contribution in [3.05, 3.63) is 96.1 Å². The molecule has 3 aromatic rings. The lowest BCUT2D eigenvalue weighted by Gasteiger charge is -2.43. The van der Waals surface area contributed by atoms with Gasteiger partial charge in [0.15, 0.2) is 0 Å². The highest BCUT2D eigenvalue weighted by molar-refractivity contribution is 5.87. The van der Waals surface area contributed by atoms with Gasteiger partial charge in [-0.3, -0.25) is 4.79 Å². The molecule has 1 fully saturated rings. The quantitative estimate of drug-likeness (QED) is 0.427. The van der Waals surface area contributed by atoms with Crippen molar-refractivity contribution in [1.82, 2.24) is 4.90 Å². The predicted molar refractivity (Wildman–Crippen MR) is 141 cm³/mol. The first-order valence-electron chi connectivity index (χ1n) is 12.2. The fraction of sp³-hybridized carbons (Fsp3) is 0.300. The minimum atomic E-state index is -0.211. The normalized spacial score (nSPS) is 20.5. The Labute approximate surface area is 212 Å². The molecular formula is C30H32N2O4. The van der Waals surface area contributed by atoms with Crippen LogP contribution < -0.4 is 19.1 Å². The highest BCUT2D eigenvalue weighted by atomic mass is 16.5. The van der Waals surface area contributed by atoms with Gasteiger partial charge >= 0.3 is 0 Å². The smallest absolute Gasteiger partial charge is 0.229 e. The van der Waals surface area contributed by atoms with Crippen molar-refractivity contribution in [2.45, 2.75) is 18.5 Å². The second-order valence-corrected chi connectivity index (χ2v) is 9.24. The van der Waals surface area contributed by atoms with E-state index >= 15 is 0 Å². The number of para-hydroxylation sites is 1. The number of ether oxygens (including phenoxy) is 3. The Balaban J connectivity index is 1.56. The molecule has 6 heteroatoms. The monoisotopic (exact) mass is 484 g/mol. The topological polar surface area (TPSA) is 51.2 Å². The summed E-state index contributed by atoms with van der Waals surface area (Å²) in [6.07, 6.45) is 1.92. The average molecular weight is 485 g/mol. The van der Waals surface area contributed by atoms with Gasteiger partial charge in [-0.25, -0.2) is 0 Å². The number of fused-ring (bicyclic) bond motifs is 2. The van der Waals surface area contributed by atoms with Crippen LogP contribution in [-0.2, 0) is 11.3 Å². The van der Waals surface area contributed by atoms with Gasteiger partial charge in [0.05, 0.1) is 33.3 Å². The molecule has 3 atom stereocenters. The fourth-order valence-electron chi connectivity index (χ4n) is 5.75. The van der Waals surface area contributed by atoms with E-state index in [-0.39, 0.29) is 23.8 Å². The minimum absolute atomic E-state index is 0.0294. The van der Waals surface area contributed by atoms with Crippen LogP contribution in [-0.4, -0.2) is 51.3 Å². The maximum atomic E-state index is 14.1. The Bertz CT molecular complexity index is 1260. The summed E-state index contributed by atoms with van der Waals surface area (Å²) in [4.78, 5) is 18.4. The number of rotatable bonds is 8. The second-order valence-electron chi connectivity index (χ2n) is 9.24. The van der Waals surface area contributed by atoms with Gasteiger partial charge in [0.1, 0.15) is 17.2 Å². The average Bonchev–Trinajstić information content (AvgIpc) is 3.24. The zero-order valence-electron chi connectivity index (χ0n) is 21.0. The molecule has 1 saturated heterocycles. The number of nitrogens with zero attached hydrogens (tertiary/aromatic N) is 2.